The molecule has 0 radical (unpaired) electrons. The second kappa shape index (κ2) is 11.3. The van der Waals surface area contributed by atoms with E-state index in [0.29, 0.717) is 18.3 Å². The van der Waals surface area contributed by atoms with Crippen molar-refractivity contribution in [3.05, 3.63) is 5.82 Å². The Balaban J connectivity index is 1.83. The quantitative estimate of drug-likeness (QED) is 0.279. The van der Waals surface area contributed by atoms with E-state index in [9.17, 15) is 4.79 Å². The Morgan fingerprint density at radius 3 is 2.86 bits per heavy atom. The number of thioether (sulfide) groups is 1. The SMILES string of the molecule is CN=C(NCCCc1nnc(SC)n1CC(C)C)N1CCCC(CC(N)=O)C1. The lowest BCUT2D eigenvalue weighted by atomic mass is 9.95. The summed E-state index contributed by atoms with van der Waals surface area (Å²) in [4.78, 5) is 17.9. The Labute approximate surface area is 172 Å². The lowest BCUT2D eigenvalue weighted by Gasteiger charge is -2.34. The molecule has 8 nitrogen and oxygen atoms in total. The average Bonchev–Trinajstić information content (AvgIpc) is 3.02. The fourth-order valence-corrected chi connectivity index (χ4v) is 4.21. The van der Waals surface area contributed by atoms with Crippen molar-refractivity contribution in [3.8, 4) is 0 Å². The smallest absolute Gasteiger partial charge is 0.217 e. The van der Waals surface area contributed by atoms with E-state index in [0.717, 1.165) is 68.8 Å². The van der Waals surface area contributed by atoms with E-state index in [4.69, 9.17) is 5.73 Å². The molecule has 1 aliphatic heterocycles. The molecule has 1 atom stereocenters. The van der Waals surface area contributed by atoms with Crippen molar-refractivity contribution >= 4 is 23.6 Å². The molecule has 1 amide bonds. The maximum atomic E-state index is 11.2. The van der Waals surface area contributed by atoms with Crippen LogP contribution in [0.2, 0.25) is 0 Å². The van der Waals surface area contributed by atoms with Crippen molar-refractivity contribution in [1.29, 1.82) is 0 Å². The number of carbonyl (C=O) groups is 1. The topological polar surface area (TPSA) is 101 Å². The summed E-state index contributed by atoms with van der Waals surface area (Å²) in [5.41, 5.74) is 5.37. The number of hydrogen-bond acceptors (Lipinski definition) is 5. The van der Waals surface area contributed by atoms with Crippen LogP contribution in [0.3, 0.4) is 0 Å². The molecule has 1 saturated heterocycles. The number of rotatable bonds is 9. The molecule has 2 heterocycles. The number of aromatic nitrogens is 3. The highest BCUT2D eigenvalue weighted by Gasteiger charge is 2.23. The summed E-state index contributed by atoms with van der Waals surface area (Å²) < 4.78 is 2.24. The van der Waals surface area contributed by atoms with Crippen LogP contribution in [0.25, 0.3) is 0 Å². The van der Waals surface area contributed by atoms with Crippen LogP contribution in [0, 0.1) is 11.8 Å². The van der Waals surface area contributed by atoms with Crippen molar-refractivity contribution < 1.29 is 4.79 Å². The largest absolute Gasteiger partial charge is 0.370 e. The van der Waals surface area contributed by atoms with Gasteiger partial charge >= 0.3 is 0 Å². The Morgan fingerprint density at radius 1 is 1.43 bits per heavy atom. The molecule has 0 saturated carbocycles. The monoisotopic (exact) mass is 409 g/mol. The van der Waals surface area contributed by atoms with Gasteiger partial charge in [0.1, 0.15) is 5.82 Å². The van der Waals surface area contributed by atoms with Gasteiger partial charge in [-0.1, -0.05) is 25.6 Å². The fraction of sp³-hybridized carbons (Fsp3) is 0.789. The first-order valence-corrected chi connectivity index (χ1v) is 11.4. The van der Waals surface area contributed by atoms with Crippen molar-refractivity contribution in [2.24, 2.45) is 22.6 Å². The van der Waals surface area contributed by atoms with Gasteiger partial charge in [-0.25, -0.2) is 0 Å². The number of nitrogens with two attached hydrogens (primary N) is 1. The standard InChI is InChI=1S/C19H35N7OS/c1-14(2)12-26-17(23-24-19(26)28-4)8-5-9-22-18(21-3)25-10-6-7-15(13-25)11-16(20)27/h14-15H,5-13H2,1-4H3,(H2,20,27)(H,21,22). The Kier molecular flexibility index (Phi) is 9.08. The third-order valence-corrected chi connectivity index (χ3v) is 5.57. The van der Waals surface area contributed by atoms with Crippen molar-refractivity contribution in [2.45, 2.75) is 57.7 Å². The van der Waals surface area contributed by atoms with Crippen molar-refractivity contribution in [1.82, 2.24) is 25.0 Å². The molecule has 158 valence electrons. The maximum absolute atomic E-state index is 11.2. The summed E-state index contributed by atoms with van der Waals surface area (Å²) in [7, 11) is 1.81. The number of nitrogens with one attached hydrogen (secondary N) is 1. The van der Waals surface area contributed by atoms with Crippen molar-refractivity contribution in [2.75, 3.05) is 32.9 Å². The predicted molar refractivity (Wildman–Crippen MR) is 114 cm³/mol. The summed E-state index contributed by atoms with van der Waals surface area (Å²) in [6, 6.07) is 0. The Bertz CT molecular complexity index is 659. The number of likely N-dealkylation sites (tertiary alicyclic amines) is 1. The lowest BCUT2D eigenvalue weighted by Crippen LogP contribution is -2.47. The molecular weight excluding hydrogens is 374 g/mol. The number of guanidine groups is 1. The number of carbonyl (C=O) groups excluding carboxylic acids is 1. The van der Waals surface area contributed by atoms with E-state index in [-0.39, 0.29) is 5.91 Å². The molecule has 0 bridgehead atoms. The van der Waals surface area contributed by atoms with Crippen LogP contribution in [-0.4, -0.2) is 64.5 Å². The molecule has 3 N–H and O–H groups in total. The Morgan fingerprint density at radius 2 is 2.21 bits per heavy atom. The van der Waals surface area contributed by atoms with Crippen LogP contribution in [0.4, 0.5) is 0 Å². The van der Waals surface area contributed by atoms with Gasteiger partial charge in [-0.15, -0.1) is 10.2 Å². The molecule has 9 heteroatoms. The third-order valence-electron chi connectivity index (χ3n) is 4.90. The van der Waals surface area contributed by atoms with Gasteiger partial charge in [-0.2, -0.15) is 0 Å². The number of aliphatic imine (C=N–C) groups is 1. The molecule has 2 rings (SSSR count). The van der Waals surface area contributed by atoms with Gasteiger partial charge < -0.3 is 20.5 Å². The molecular formula is C19H35N7OS. The first kappa shape index (κ1) is 22.5. The van der Waals surface area contributed by atoms with Crippen LogP contribution in [-0.2, 0) is 17.8 Å². The molecule has 1 unspecified atom stereocenters. The summed E-state index contributed by atoms with van der Waals surface area (Å²) in [6.45, 7) is 8.00. The normalized spacial score (nSPS) is 18.0. The number of amides is 1. The minimum Gasteiger partial charge on any atom is -0.370 e. The van der Waals surface area contributed by atoms with Gasteiger partial charge in [0.25, 0.3) is 0 Å². The van der Waals surface area contributed by atoms with E-state index >= 15 is 0 Å². The van der Waals surface area contributed by atoms with Crippen LogP contribution in [0.5, 0.6) is 0 Å². The number of nitrogens with zero attached hydrogens (tertiary/aromatic N) is 5. The second-order valence-electron chi connectivity index (χ2n) is 7.81. The van der Waals surface area contributed by atoms with Gasteiger partial charge in [0.05, 0.1) is 0 Å². The number of piperidine rings is 1. The van der Waals surface area contributed by atoms with E-state index in [1.807, 2.05) is 13.3 Å². The highest BCUT2D eigenvalue weighted by atomic mass is 32.2. The van der Waals surface area contributed by atoms with Gasteiger partial charge in [-0.3, -0.25) is 9.79 Å². The van der Waals surface area contributed by atoms with E-state index in [2.05, 4.69) is 43.8 Å². The van der Waals surface area contributed by atoms with Gasteiger partial charge in [0, 0.05) is 46.1 Å². The predicted octanol–water partition coefficient (Wildman–Crippen LogP) is 1.75. The highest BCUT2D eigenvalue weighted by Crippen LogP contribution is 2.19. The first-order valence-electron chi connectivity index (χ1n) is 10.1. The number of aryl methyl sites for hydroxylation is 1. The fourth-order valence-electron chi connectivity index (χ4n) is 3.69. The average molecular weight is 410 g/mol. The van der Waals surface area contributed by atoms with Crippen molar-refractivity contribution in [3.63, 3.8) is 0 Å². The van der Waals surface area contributed by atoms with E-state index in [1.165, 1.54) is 0 Å². The number of hydrogen-bond donors (Lipinski definition) is 2. The van der Waals surface area contributed by atoms with Crippen LogP contribution in [0.15, 0.2) is 10.1 Å². The zero-order valence-corrected chi connectivity index (χ0v) is 18.5. The molecule has 0 aromatic carbocycles. The molecule has 28 heavy (non-hydrogen) atoms. The van der Waals surface area contributed by atoms with E-state index < -0.39 is 0 Å². The summed E-state index contributed by atoms with van der Waals surface area (Å²) in [5.74, 6) is 2.62. The van der Waals surface area contributed by atoms with Gasteiger partial charge in [0.15, 0.2) is 11.1 Å². The minimum atomic E-state index is -0.218. The summed E-state index contributed by atoms with van der Waals surface area (Å²) >= 11 is 1.64. The zero-order chi connectivity index (χ0) is 20.5. The number of primary amides is 1. The second-order valence-corrected chi connectivity index (χ2v) is 8.58. The van der Waals surface area contributed by atoms with E-state index in [1.54, 1.807) is 11.8 Å². The maximum Gasteiger partial charge on any atom is 0.217 e. The zero-order valence-electron chi connectivity index (χ0n) is 17.6. The molecule has 1 fully saturated rings. The summed E-state index contributed by atoms with van der Waals surface area (Å²) in [5, 5.41) is 13.1. The third kappa shape index (κ3) is 6.68. The highest BCUT2D eigenvalue weighted by molar-refractivity contribution is 7.98. The van der Waals surface area contributed by atoms with Gasteiger partial charge in [-0.05, 0) is 37.4 Å². The molecule has 0 aliphatic carbocycles. The molecule has 1 aromatic rings. The van der Waals surface area contributed by atoms with Crippen LogP contribution >= 0.6 is 11.8 Å². The molecule has 1 aliphatic rings. The lowest BCUT2D eigenvalue weighted by molar-refractivity contribution is -0.119. The minimum absolute atomic E-state index is 0.218. The van der Waals surface area contributed by atoms with Gasteiger partial charge in [0.2, 0.25) is 5.91 Å². The Hall–Kier alpha value is -1.77. The molecule has 0 spiro atoms. The van der Waals surface area contributed by atoms with Crippen LogP contribution in [0.1, 0.15) is 45.4 Å². The first-order chi connectivity index (χ1) is 13.4. The van der Waals surface area contributed by atoms with Crippen LogP contribution < -0.4 is 11.1 Å². The molecule has 1 aromatic heterocycles. The summed E-state index contributed by atoms with van der Waals surface area (Å²) in [6.07, 6.45) is 6.46.